The van der Waals surface area contributed by atoms with Crippen molar-refractivity contribution >= 4 is 40.7 Å². The minimum absolute atomic E-state index is 0.152. The zero-order chi connectivity index (χ0) is 21.8. The molecule has 6 heteroatoms. The third-order valence-corrected chi connectivity index (χ3v) is 6.46. The summed E-state index contributed by atoms with van der Waals surface area (Å²) >= 11 is 18.7. The van der Waals surface area contributed by atoms with E-state index in [0.717, 1.165) is 42.4 Å². The van der Waals surface area contributed by atoms with Gasteiger partial charge in [-0.3, -0.25) is 4.79 Å². The van der Waals surface area contributed by atoms with Crippen molar-refractivity contribution in [2.24, 2.45) is 0 Å². The lowest BCUT2D eigenvalue weighted by atomic mass is 9.98. The largest absolute Gasteiger partial charge is 0.348 e. The molecule has 1 N–H and O–H groups in total. The molecule has 0 unspecified atom stereocenters. The van der Waals surface area contributed by atoms with Crippen molar-refractivity contribution < 1.29 is 4.79 Å². The van der Waals surface area contributed by atoms with Crippen molar-refractivity contribution in [3.05, 3.63) is 75.4 Å². The Bertz CT molecular complexity index is 1070. The molecule has 0 aliphatic heterocycles. The van der Waals surface area contributed by atoms with Crippen molar-refractivity contribution in [1.82, 2.24) is 10.3 Å². The zero-order valence-corrected chi connectivity index (χ0v) is 19.3. The van der Waals surface area contributed by atoms with Gasteiger partial charge in [0, 0.05) is 27.2 Å². The van der Waals surface area contributed by atoms with Crippen LogP contribution in [0.2, 0.25) is 15.1 Å². The van der Waals surface area contributed by atoms with Crippen molar-refractivity contribution in [3.8, 4) is 22.4 Å². The second kappa shape index (κ2) is 10.0. The van der Waals surface area contributed by atoms with Gasteiger partial charge >= 0.3 is 0 Å². The quantitative estimate of drug-likeness (QED) is 0.392. The molecule has 1 aromatic heterocycles. The van der Waals surface area contributed by atoms with Gasteiger partial charge in [-0.2, -0.15) is 0 Å². The van der Waals surface area contributed by atoms with Gasteiger partial charge in [-0.1, -0.05) is 72.6 Å². The van der Waals surface area contributed by atoms with Crippen LogP contribution in [0.5, 0.6) is 0 Å². The molecule has 1 fully saturated rings. The third kappa shape index (κ3) is 5.41. The molecule has 1 aliphatic carbocycles. The Morgan fingerprint density at radius 1 is 0.806 bits per heavy atom. The van der Waals surface area contributed by atoms with Crippen LogP contribution in [0.3, 0.4) is 0 Å². The molecule has 1 heterocycles. The number of halogens is 3. The first-order valence-electron chi connectivity index (χ1n) is 10.5. The van der Waals surface area contributed by atoms with Crippen molar-refractivity contribution in [2.45, 2.75) is 44.6 Å². The van der Waals surface area contributed by atoms with Crippen LogP contribution in [0.25, 0.3) is 22.4 Å². The van der Waals surface area contributed by atoms with Crippen molar-refractivity contribution in [1.29, 1.82) is 0 Å². The molecule has 4 rings (SSSR count). The van der Waals surface area contributed by atoms with Gasteiger partial charge in [0.2, 0.25) is 0 Å². The van der Waals surface area contributed by atoms with Gasteiger partial charge in [0.15, 0.2) is 0 Å². The van der Waals surface area contributed by atoms with Crippen LogP contribution in [0.1, 0.15) is 49.0 Å². The first-order chi connectivity index (χ1) is 15.0. The van der Waals surface area contributed by atoms with Gasteiger partial charge in [0.1, 0.15) is 5.69 Å². The van der Waals surface area contributed by atoms with Crippen LogP contribution in [0, 0.1) is 0 Å². The summed E-state index contributed by atoms with van der Waals surface area (Å²) in [6, 6.07) is 16.7. The fraction of sp³-hybridized carbons (Fsp3) is 0.280. The fourth-order valence-electron chi connectivity index (χ4n) is 4.02. The number of hydrogen-bond donors (Lipinski definition) is 1. The number of nitrogens with one attached hydrogen (secondary N) is 1. The standard InChI is InChI=1S/C25H23Cl3N2O/c26-17-9-7-16(8-10-17)20-13-14-23(25(31)29-19-5-3-1-2-4-6-19)30-24(20)21-12-11-18(27)15-22(21)28/h7-15,19H,1-6H2,(H,29,31). The Labute approximate surface area is 197 Å². The highest BCUT2D eigenvalue weighted by molar-refractivity contribution is 6.36. The maximum Gasteiger partial charge on any atom is 0.270 e. The summed E-state index contributed by atoms with van der Waals surface area (Å²) < 4.78 is 0. The number of carbonyl (C=O) groups excluding carboxylic acids is 1. The van der Waals surface area contributed by atoms with E-state index in [2.05, 4.69) is 5.32 Å². The molecule has 1 saturated carbocycles. The first-order valence-corrected chi connectivity index (χ1v) is 11.7. The summed E-state index contributed by atoms with van der Waals surface area (Å²) in [4.78, 5) is 17.7. The highest BCUT2D eigenvalue weighted by Gasteiger charge is 2.20. The molecular weight excluding hydrogens is 451 g/mol. The Morgan fingerprint density at radius 3 is 2.13 bits per heavy atom. The third-order valence-electron chi connectivity index (χ3n) is 5.66. The van der Waals surface area contributed by atoms with E-state index in [-0.39, 0.29) is 11.9 Å². The summed E-state index contributed by atoms with van der Waals surface area (Å²) in [5.41, 5.74) is 3.54. The lowest BCUT2D eigenvalue weighted by molar-refractivity contribution is 0.0928. The average molecular weight is 474 g/mol. The molecule has 160 valence electrons. The second-order valence-electron chi connectivity index (χ2n) is 7.89. The van der Waals surface area contributed by atoms with Crippen LogP contribution in [0.15, 0.2) is 54.6 Å². The topological polar surface area (TPSA) is 42.0 Å². The molecule has 1 amide bonds. The molecule has 0 spiro atoms. The van der Waals surface area contributed by atoms with Crippen LogP contribution in [-0.4, -0.2) is 16.9 Å². The lowest BCUT2D eigenvalue weighted by Gasteiger charge is -2.17. The first kappa shape index (κ1) is 22.1. The molecule has 3 aromatic rings. The normalized spacial score (nSPS) is 14.8. The Kier molecular flexibility index (Phi) is 7.16. The van der Waals surface area contributed by atoms with E-state index < -0.39 is 0 Å². The number of hydrogen-bond acceptors (Lipinski definition) is 2. The number of amides is 1. The van der Waals surface area contributed by atoms with Crippen LogP contribution < -0.4 is 5.32 Å². The lowest BCUT2D eigenvalue weighted by Crippen LogP contribution is -2.34. The van der Waals surface area contributed by atoms with Gasteiger partial charge in [-0.25, -0.2) is 4.98 Å². The van der Waals surface area contributed by atoms with E-state index >= 15 is 0 Å². The fourth-order valence-corrected chi connectivity index (χ4v) is 4.64. The summed E-state index contributed by atoms with van der Waals surface area (Å²) in [7, 11) is 0. The molecule has 0 saturated heterocycles. The van der Waals surface area contributed by atoms with E-state index in [4.69, 9.17) is 39.8 Å². The minimum atomic E-state index is -0.152. The summed E-state index contributed by atoms with van der Waals surface area (Å²) in [6.07, 6.45) is 6.81. The van der Waals surface area contributed by atoms with Crippen molar-refractivity contribution in [3.63, 3.8) is 0 Å². The maximum absolute atomic E-state index is 13.0. The monoisotopic (exact) mass is 472 g/mol. The van der Waals surface area contributed by atoms with E-state index in [1.165, 1.54) is 12.8 Å². The summed E-state index contributed by atoms with van der Waals surface area (Å²) in [5.74, 6) is -0.152. The van der Waals surface area contributed by atoms with Gasteiger partial charge in [0.25, 0.3) is 5.91 Å². The second-order valence-corrected chi connectivity index (χ2v) is 9.17. The highest BCUT2D eigenvalue weighted by Crippen LogP contribution is 2.36. The van der Waals surface area contributed by atoms with Crippen molar-refractivity contribution in [2.75, 3.05) is 0 Å². The van der Waals surface area contributed by atoms with Gasteiger partial charge in [0.05, 0.1) is 10.7 Å². The number of pyridine rings is 1. The molecule has 0 atom stereocenters. The summed E-state index contributed by atoms with van der Waals surface area (Å²) in [6.45, 7) is 0. The highest BCUT2D eigenvalue weighted by atomic mass is 35.5. The van der Waals surface area contributed by atoms with E-state index in [1.807, 2.05) is 36.4 Å². The number of carbonyl (C=O) groups is 1. The number of aromatic nitrogens is 1. The van der Waals surface area contributed by atoms with Crippen LogP contribution >= 0.6 is 34.8 Å². The number of benzene rings is 2. The average Bonchev–Trinajstić information content (AvgIpc) is 3.03. The molecule has 1 aliphatic rings. The van der Waals surface area contributed by atoms with E-state index in [9.17, 15) is 4.79 Å². The molecule has 31 heavy (non-hydrogen) atoms. The van der Waals surface area contributed by atoms with Gasteiger partial charge in [-0.05, 0) is 60.9 Å². The Hall–Kier alpha value is -2.07. The number of nitrogens with zero attached hydrogens (tertiary/aromatic N) is 1. The van der Waals surface area contributed by atoms with Gasteiger partial charge in [-0.15, -0.1) is 0 Å². The predicted molar refractivity (Wildman–Crippen MR) is 129 cm³/mol. The Morgan fingerprint density at radius 2 is 1.45 bits per heavy atom. The maximum atomic E-state index is 13.0. The molecular formula is C25H23Cl3N2O. The zero-order valence-electron chi connectivity index (χ0n) is 17.0. The SMILES string of the molecule is O=C(NC1CCCCCC1)c1ccc(-c2ccc(Cl)cc2)c(-c2ccc(Cl)cc2Cl)n1. The minimum Gasteiger partial charge on any atom is -0.348 e. The van der Waals surface area contributed by atoms with Crippen LogP contribution in [0.4, 0.5) is 0 Å². The number of rotatable bonds is 4. The smallest absolute Gasteiger partial charge is 0.270 e. The molecule has 2 aromatic carbocycles. The predicted octanol–water partition coefficient (Wildman–Crippen LogP) is 7.83. The van der Waals surface area contributed by atoms with E-state index in [1.54, 1.807) is 18.2 Å². The van der Waals surface area contributed by atoms with Gasteiger partial charge < -0.3 is 5.32 Å². The van der Waals surface area contributed by atoms with Crippen LogP contribution in [-0.2, 0) is 0 Å². The molecule has 0 bridgehead atoms. The Balaban J connectivity index is 1.73. The molecule has 3 nitrogen and oxygen atoms in total. The van der Waals surface area contributed by atoms with E-state index in [0.29, 0.717) is 26.5 Å². The molecule has 0 radical (unpaired) electrons. The summed E-state index contributed by atoms with van der Waals surface area (Å²) in [5, 5.41) is 4.85.